The zero-order chi connectivity index (χ0) is 11.7. The van der Waals surface area contributed by atoms with Crippen LogP contribution in [0.2, 0.25) is 0 Å². The summed E-state index contributed by atoms with van der Waals surface area (Å²) < 4.78 is 1.63. The molecule has 0 saturated heterocycles. The molecule has 4 nitrogen and oxygen atoms in total. The molecule has 0 aromatic carbocycles. The molecule has 4 heteroatoms. The lowest BCUT2D eigenvalue weighted by Crippen LogP contribution is -2.37. The van der Waals surface area contributed by atoms with Crippen molar-refractivity contribution in [1.82, 2.24) is 9.88 Å². The standard InChI is InChI=1S/C12H16N2O2/c1-8(15)13-12-4-3-10-6-14(9(2)16)7-11(10)5-12/h6-7,12H,3-5H2,1-2H3,(H,13,15)/t12-/m1/s1. The maximum Gasteiger partial charge on any atom is 0.227 e. The average Bonchev–Trinajstić information content (AvgIpc) is 2.59. The number of hydrogen-bond acceptors (Lipinski definition) is 2. The molecule has 1 aliphatic rings. The van der Waals surface area contributed by atoms with Crippen LogP contribution >= 0.6 is 0 Å². The highest BCUT2D eigenvalue weighted by molar-refractivity contribution is 5.76. The van der Waals surface area contributed by atoms with Crippen molar-refractivity contribution in [3.63, 3.8) is 0 Å². The van der Waals surface area contributed by atoms with Gasteiger partial charge in [0.05, 0.1) is 0 Å². The molecule has 0 spiro atoms. The minimum Gasteiger partial charge on any atom is -0.353 e. The highest BCUT2D eigenvalue weighted by atomic mass is 16.2. The van der Waals surface area contributed by atoms with E-state index in [0.717, 1.165) is 19.3 Å². The molecule has 1 aliphatic carbocycles. The Balaban J connectivity index is 2.14. The fourth-order valence-corrected chi connectivity index (χ4v) is 2.24. The van der Waals surface area contributed by atoms with E-state index in [1.54, 1.807) is 11.5 Å². The molecule has 0 radical (unpaired) electrons. The van der Waals surface area contributed by atoms with Crippen LogP contribution in [-0.2, 0) is 17.6 Å². The number of nitrogens with one attached hydrogen (secondary N) is 1. The van der Waals surface area contributed by atoms with Crippen molar-refractivity contribution in [3.05, 3.63) is 23.5 Å². The predicted molar refractivity (Wildman–Crippen MR) is 60.4 cm³/mol. The van der Waals surface area contributed by atoms with Gasteiger partial charge in [-0.1, -0.05) is 0 Å². The summed E-state index contributed by atoms with van der Waals surface area (Å²) in [5.41, 5.74) is 2.41. The van der Waals surface area contributed by atoms with Crippen LogP contribution in [0.15, 0.2) is 12.4 Å². The van der Waals surface area contributed by atoms with Crippen LogP contribution in [0.4, 0.5) is 0 Å². The van der Waals surface area contributed by atoms with Gasteiger partial charge in [-0.25, -0.2) is 0 Å². The lowest BCUT2D eigenvalue weighted by molar-refractivity contribution is -0.119. The molecule has 0 saturated carbocycles. The van der Waals surface area contributed by atoms with Crippen molar-refractivity contribution in [2.45, 2.75) is 39.2 Å². The highest BCUT2D eigenvalue weighted by Crippen LogP contribution is 2.22. The Hall–Kier alpha value is -1.58. The molecular formula is C12H16N2O2. The normalized spacial score (nSPS) is 19.0. The first kappa shape index (κ1) is 10.9. The van der Waals surface area contributed by atoms with Crippen molar-refractivity contribution in [2.75, 3.05) is 0 Å². The Labute approximate surface area is 94.6 Å². The second kappa shape index (κ2) is 4.12. The number of carbonyl (C=O) groups excluding carboxylic acids is 2. The Kier molecular flexibility index (Phi) is 2.81. The molecule has 0 bridgehead atoms. The number of rotatable bonds is 1. The predicted octanol–water partition coefficient (Wildman–Crippen LogP) is 1.14. The largest absolute Gasteiger partial charge is 0.353 e. The third-order valence-corrected chi connectivity index (χ3v) is 3.00. The van der Waals surface area contributed by atoms with E-state index in [0.29, 0.717) is 0 Å². The van der Waals surface area contributed by atoms with E-state index in [4.69, 9.17) is 0 Å². The number of hydrogen-bond donors (Lipinski definition) is 1. The maximum absolute atomic E-state index is 11.2. The Bertz CT molecular complexity index is 434. The number of nitrogens with zero attached hydrogens (tertiary/aromatic N) is 1. The van der Waals surface area contributed by atoms with E-state index < -0.39 is 0 Å². The molecule has 1 amide bonds. The fraction of sp³-hybridized carbons (Fsp3) is 0.500. The summed E-state index contributed by atoms with van der Waals surface area (Å²) >= 11 is 0. The molecule has 16 heavy (non-hydrogen) atoms. The molecule has 2 rings (SSSR count). The van der Waals surface area contributed by atoms with Crippen LogP contribution in [0.3, 0.4) is 0 Å². The summed E-state index contributed by atoms with van der Waals surface area (Å²) in [7, 11) is 0. The number of carbonyl (C=O) groups is 2. The van der Waals surface area contributed by atoms with E-state index in [2.05, 4.69) is 5.32 Å². The third kappa shape index (κ3) is 2.15. The second-order valence-electron chi connectivity index (χ2n) is 4.38. The molecule has 1 N–H and O–H groups in total. The van der Waals surface area contributed by atoms with E-state index in [1.807, 2.05) is 12.4 Å². The molecule has 0 fully saturated rings. The van der Waals surface area contributed by atoms with E-state index in [-0.39, 0.29) is 17.9 Å². The summed E-state index contributed by atoms with van der Waals surface area (Å²) in [6, 6.07) is 0.216. The first-order chi connectivity index (χ1) is 7.56. The molecule has 0 unspecified atom stereocenters. The van der Waals surface area contributed by atoms with Crippen LogP contribution in [-0.4, -0.2) is 22.4 Å². The lowest BCUT2D eigenvalue weighted by Gasteiger charge is -2.22. The van der Waals surface area contributed by atoms with Gasteiger partial charge in [0.15, 0.2) is 0 Å². The molecule has 1 aromatic rings. The Morgan fingerprint density at radius 2 is 2.00 bits per heavy atom. The van der Waals surface area contributed by atoms with Crippen LogP contribution in [0.1, 0.15) is 36.2 Å². The smallest absolute Gasteiger partial charge is 0.227 e. The number of aromatic nitrogens is 1. The van der Waals surface area contributed by atoms with E-state index in [9.17, 15) is 9.59 Å². The van der Waals surface area contributed by atoms with Gasteiger partial charge in [0.25, 0.3) is 0 Å². The SMILES string of the molecule is CC(=O)N[C@@H]1CCc2cn(C(C)=O)cc2C1. The third-order valence-electron chi connectivity index (χ3n) is 3.00. The Morgan fingerprint density at radius 3 is 2.62 bits per heavy atom. The van der Waals surface area contributed by atoms with Gasteiger partial charge in [0.2, 0.25) is 11.8 Å². The zero-order valence-electron chi connectivity index (χ0n) is 9.62. The van der Waals surface area contributed by atoms with E-state index >= 15 is 0 Å². The van der Waals surface area contributed by atoms with Crippen molar-refractivity contribution in [2.24, 2.45) is 0 Å². The highest BCUT2D eigenvalue weighted by Gasteiger charge is 2.21. The Morgan fingerprint density at radius 1 is 1.31 bits per heavy atom. The second-order valence-corrected chi connectivity index (χ2v) is 4.38. The van der Waals surface area contributed by atoms with Crippen LogP contribution in [0, 0.1) is 0 Å². The zero-order valence-corrected chi connectivity index (χ0v) is 9.62. The minimum atomic E-state index is 0.0134. The van der Waals surface area contributed by atoms with Crippen LogP contribution < -0.4 is 5.32 Å². The topological polar surface area (TPSA) is 51.1 Å². The first-order valence-corrected chi connectivity index (χ1v) is 5.54. The van der Waals surface area contributed by atoms with Gasteiger partial charge in [-0.05, 0) is 30.4 Å². The van der Waals surface area contributed by atoms with Crippen molar-refractivity contribution >= 4 is 11.8 Å². The summed E-state index contributed by atoms with van der Waals surface area (Å²) in [6.45, 7) is 3.09. The van der Waals surface area contributed by atoms with Gasteiger partial charge in [0.1, 0.15) is 0 Å². The molecule has 1 atom stereocenters. The monoisotopic (exact) mass is 220 g/mol. The van der Waals surface area contributed by atoms with Crippen molar-refractivity contribution in [3.8, 4) is 0 Å². The quantitative estimate of drug-likeness (QED) is 0.771. The maximum atomic E-state index is 11.2. The van der Waals surface area contributed by atoms with Gasteiger partial charge >= 0.3 is 0 Å². The van der Waals surface area contributed by atoms with Crippen LogP contribution in [0.25, 0.3) is 0 Å². The van der Waals surface area contributed by atoms with Gasteiger partial charge < -0.3 is 5.32 Å². The van der Waals surface area contributed by atoms with Gasteiger partial charge in [-0.2, -0.15) is 0 Å². The number of aryl methyl sites for hydroxylation is 1. The van der Waals surface area contributed by atoms with Gasteiger partial charge in [-0.15, -0.1) is 0 Å². The summed E-state index contributed by atoms with van der Waals surface area (Å²) in [5, 5.41) is 2.93. The van der Waals surface area contributed by atoms with Crippen LogP contribution in [0.5, 0.6) is 0 Å². The first-order valence-electron chi connectivity index (χ1n) is 5.54. The van der Waals surface area contributed by atoms with E-state index in [1.165, 1.54) is 18.1 Å². The molecule has 1 aromatic heterocycles. The molecule has 86 valence electrons. The van der Waals surface area contributed by atoms with Gasteiger partial charge in [-0.3, -0.25) is 14.2 Å². The molecular weight excluding hydrogens is 204 g/mol. The van der Waals surface area contributed by atoms with Gasteiger partial charge in [0, 0.05) is 32.3 Å². The fourth-order valence-electron chi connectivity index (χ4n) is 2.24. The van der Waals surface area contributed by atoms with Crippen molar-refractivity contribution in [1.29, 1.82) is 0 Å². The molecule has 0 aliphatic heterocycles. The van der Waals surface area contributed by atoms with Crippen molar-refractivity contribution < 1.29 is 9.59 Å². The lowest BCUT2D eigenvalue weighted by atomic mass is 9.91. The number of fused-ring (bicyclic) bond motifs is 1. The number of amides is 1. The average molecular weight is 220 g/mol. The summed E-state index contributed by atoms with van der Waals surface area (Å²) in [5.74, 6) is 0.0462. The summed E-state index contributed by atoms with van der Waals surface area (Å²) in [4.78, 5) is 22.2. The minimum absolute atomic E-state index is 0.0134. The summed E-state index contributed by atoms with van der Waals surface area (Å²) in [6.07, 6.45) is 6.50. The molecule has 1 heterocycles.